The summed E-state index contributed by atoms with van der Waals surface area (Å²) in [5.74, 6) is -0.431. The molecule has 49 heavy (non-hydrogen) atoms. The van der Waals surface area contributed by atoms with Gasteiger partial charge in [-0.1, -0.05) is 28.1 Å². The molecule has 1 aliphatic rings. The van der Waals surface area contributed by atoms with E-state index in [0.717, 1.165) is 6.42 Å². The number of aromatic nitrogens is 8. The van der Waals surface area contributed by atoms with Crippen molar-refractivity contribution in [3.8, 4) is 17.0 Å². The molecule has 2 atom stereocenters. The van der Waals surface area contributed by atoms with Crippen molar-refractivity contribution in [3.63, 3.8) is 0 Å². The number of amides is 2. The third-order valence-corrected chi connectivity index (χ3v) is 8.52. The average molecular weight is 742 g/mol. The summed E-state index contributed by atoms with van der Waals surface area (Å²) in [5, 5.41) is 20.5. The molecule has 1 fully saturated rings. The van der Waals surface area contributed by atoms with Gasteiger partial charge in [0.1, 0.15) is 28.3 Å². The number of carbonyl (C=O) groups excluding carboxylic acids is 2. The molecule has 0 radical (unpaired) electrons. The molecule has 0 saturated carbocycles. The quantitative estimate of drug-likeness (QED) is 0.201. The van der Waals surface area contributed by atoms with Crippen molar-refractivity contribution in [3.05, 3.63) is 71.0 Å². The van der Waals surface area contributed by atoms with E-state index in [1.165, 1.54) is 16.8 Å². The van der Waals surface area contributed by atoms with Crippen LogP contribution in [-0.2, 0) is 11.3 Å². The molecule has 5 aromatic rings. The summed E-state index contributed by atoms with van der Waals surface area (Å²) < 4.78 is 42.6. The fourth-order valence-corrected chi connectivity index (χ4v) is 6.07. The van der Waals surface area contributed by atoms with Gasteiger partial charge in [0.05, 0.1) is 30.7 Å². The summed E-state index contributed by atoms with van der Waals surface area (Å²) in [4.78, 5) is 32.2. The molecule has 4 aromatic heterocycles. The van der Waals surface area contributed by atoms with Crippen LogP contribution in [0.25, 0.3) is 16.9 Å². The van der Waals surface area contributed by atoms with Crippen molar-refractivity contribution in [1.29, 1.82) is 0 Å². The summed E-state index contributed by atoms with van der Waals surface area (Å²) in [5.41, 5.74) is 1.22. The lowest BCUT2D eigenvalue weighted by Crippen LogP contribution is -2.37. The number of halogens is 3. The second-order valence-corrected chi connectivity index (χ2v) is 13.7. The standard InChI is InChI=1S/C32H35BrF2N10O4/c1-19-8-12-42(31(47)49-32(2,3)4)13-9-25(19)45-17-21(39-41-45)16-43-18-24(38-29(46)23-15-37-44-11-5-10-36-28(23)44)27(40-43)22-14-20(33)6-7-26(22)48-30(34)35/h5-7,10-11,14-15,17-19,25,30H,8-9,12-13,16H2,1-4H3,(H,38,46). The maximum absolute atomic E-state index is 13.5. The second-order valence-electron chi connectivity index (χ2n) is 12.8. The van der Waals surface area contributed by atoms with E-state index < -0.39 is 18.1 Å². The number of fused-ring (bicyclic) bond motifs is 1. The van der Waals surface area contributed by atoms with Crippen LogP contribution in [0.3, 0.4) is 0 Å². The number of hydrogen-bond donors (Lipinski definition) is 1. The minimum atomic E-state index is -3.08. The van der Waals surface area contributed by atoms with Gasteiger partial charge in [0.15, 0.2) is 5.65 Å². The first kappa shape index (κ1) is 34.0. The molecule has 1 N–H and O–H groups in total. The summed E-state index contributed by atoms with van der Waals surface area (Å²) in [6.07, 6.45) is 9.13. The van der Waals surface area contributed by atoms with Crippen LogP contribution < -0.4 is 10.1 Å². The van der Waals surface area contributed by atoms with Crippen LogP contribution >= 0.6 is 15.9 Å². The number of nitrogens with zero attached hydrogens (tertiary/aromatic N) is 9. The molecule has 1 aliphatic heterocycles. The highest BCUT2D eigenvalue weighted by Crippen LogP contribution is 2.37. The van der Waals surface area contributed by atoms with Crippen LogP contribution in [0, 0.1) is 5.92 Å². The Balaban J connectivity index is 1.27. The van der Waals surface area contributed by atoms with Crippen LogP contribution in [0.4, 0.5) is 19.3 Å². The predicted octanol–water partition coefficient (Wildman–Crippen LogP) is 6.06. The van der Waals surface area contributed by atoms with E-state index in [-0.39, 0.29) is 52.9 Å². The Morgan fingerprint density at radius 1 is 1.16 bits per heavy atom. The molecular formula is C32H35BrF2N10O4. The number of benzene rings is 1. The Kier molecular flexibility index (Phi) is 9.63. The van der Waals surface area contributed by atoms with E-state index in [1.54, 1.807) is 46.4 Å². The number of nitrogens with one attached hydrogen (secondary N) is 1. The van der Waals surface area contributed by atoms with Crippen molar-refractivity contribution in [2.24, 2.45) is 5.92 Å². The zero-order chi connectivity index (χ0) is 34.9. The molecule has 17 heteroatoms. The number of rotatable bonds is 8. The van der Waals surface area contributed by atoms with Crippen LogP contribution in [0.1, 0.15) is 62.6 Å². The number of hydrogen-bond acceptors (Lipinski definition) is 9. The fourth-order valence-electron chi connectivity index (χ4n) is 5.71. The highest BCUT2D eigenvalue weighted by atomic mass is 79.9. The van der Waals surface area contributed by atoms with Crippen molar-refractivity contribution in [1.82, 2.24) is 44.3 Å². The normalized spacial score (nSPS) is 16.9. The first-order valence-electron chi connectivity index (χ1n) is 15.6. The molecule has 0 bridgehead atoms. The van der Waals surface area contributed by atoms with E-state index in [9.17, 15) is 18.4 Å². The minimum Gasteiger partial charge on any atom is -0.444 e. The highest BCUT2D eigenvalue weighted by molar-refractivity contribution is 9.10. The van der Waals surface area contributed by atoms with Crippen molar-refractivity contribution in [2.45, 2.75) is 65.3 Å². The second kappa shape index (κ2) is 13.9. The molecule has 1 aromatic carbocycles. The van der Waals surface area contributed by atoms with Gasteiger partial charge in [-0.3, -0.25) is 9.48 Å². The van der Waals surface area contributed by atoms with Gasteiger partial charge in [0, 0.05) is 41.7 Å². The van der Waals surface area contributed by atoms with Gasteiger partial charge in [0.2, 0.25) is 0 Å². The van der Waals surface area contributed by atoms with Gasteiger partial charge in [-0.2, -0.15) is 19.0 Å². The monoisotopic (exact) mass is 740 g/mol. The lowest BCUT2D eigenvalue weighted by Gasteiger charge is -2.26. The number of alkyl halides is 2. The maximum Gasteiger partial charge on any atom is 0.410 e. The molecule has 1 saturated heterocycles. The maximum atomic E-state index is 13.5. The lowest BCUT2D eigenvalue weighted by molar-refractivity contribution is -0.0494. The van der Waals surface area contributed by atoms with Crippen molar-refractivity contribution < 1.29 is 27.8 Å². The van der Waals surface area contributed by atoms with Gasteiger partial charge in [0.25, 0.3) is 5.91 Å². The van der Waals surface area contributed by atoms with Crippen LogP contribution in [0.2, 0.25) is 0 Å². The molecule has 2 unspecified atom stereocenters. The van der Waals surface area contributed by atoms with Gasteiger partial charge < -0.3 is 19.7 Å². The first-order chi connectivity index (χ1) is 23.3. The van der Waals surface area contributed by atoms with E-state index in [4.69, 9.17) is 9.47 Å². The largest absolute Gasteiger partial charge is 0.444 e. The minimum absolute atomic E-state index is 0.00750. The van der Waals surface area contributed by atoms with Crippen molar-refractivity contribution >= 4 is 39.3 Å². The zero-order valence-corrected chi connectivity index (χ0v) is 28.8. The van der Waals surface area contributed by atoms with Gasteiger partial charge in [-0.15, -0.1) is 5.10 Å². The summed E-state index contributed by atoms with van der Waals surface area (Å²) >= 11 is 3.40. The lowest BCUT2D eigenvalue weighted by atomic mass is 9.97. The molecule has 0 spiro atoms. The highest BCUT2D eigenvalue weighted by Gasteiger charge is 2.30. The Hall–Kier alpha value is -4.93. The number of anilines is 1. The molecule has 6 rings (SSSR count). The van der Waals surface area contributed by atoms with Crippen LogP contribution in [-0.4, -0.2) is 81.6 Å². The Labute approximate surface area is 288 Å². The smallest absolute Gasteiger partial charge is 0.410 e. The molecule has 14 nitrogen and oxygen atoms in total. The topological polar surface area (TPSA) is 147 Å². The van der Waals surface area contributed by atoms with E-state index in [1.807, 2.05) is 31.6 Å². The Morgan fingerprint density at radius 3 is 2.73 bits per heavy atom. The average Bonchev–Trinajstić information content (AvgIpc) is 3.74. The van der Waals surface area contributed by atoms with Crippen LogP contribution in [0.5, 0.6) is 5.75 Å². The molecule has 5 heterocycles. The predicted molar refractivity (Wildman–Crippen MR) is 177 cm³/mol. The third-order valence-electron chi connectivity index (χ3n) is 8.03. The fraction of sp³-hybridized carbons (Fsp3) is 0.406. The van der Waals surface area contributed by atoms with Gasteiger partial charge in [-0.25, -0.2) is 19.0 Å². The van der Waals surface area contributed by atoms with E-state index in [0.29, 0.717) is 35.3 Å². The summed E-state index contributed by atoms with van der Waals surface area (Å²) in [6.45, 7) is 5.83. The third kappa shape index (κ3) is 7.87. The molecular weight excluding hydrogens is 706 g/mol. The van der Waals surface area contributed by atoms with Crippen LogP contribution in [0.15, 0.2) is 59.7 Å². The number of ether oxygens (including phenoxy) is 2. The summed E-state index contributed by atoms with van der Waals surface area (Å²) in [7, 11) is 0. The zero-order valence-electron chi connectivity index (χ0n) is 27.3. The van der Waals surface area contributed by atoms with Gasteiger partial charge >= 0.3 is 12.7 Å². The Morgan fingerprint density at radius 2 is 1.96 bits per heavy atom. The SMILES string of the molecule is CC1CCN(C(=O)OC(C)(C)C)CCC1n1cc(Cn2cc(NC(=O)c3cnn4cccnc34)c(-c3cc(Br)ccc3OC(F)F)n2)nn1. The van der Waals surface area contributed by atoms with E-state index >= 15 is 0 Å². The first-order valence-corrected chi connectivity index (χ1v) is 16.4. The molecule has 258 valence electrons. The van der Waals surface area contributed by atoms with Crippen molar-refractivity contribution in [2.75, 3.05) is 18.4 Å². The van der Waals surface area contributed by atoms with E-state index in [2.05, 4.69) is 53.7 Å². The summed E-state index contributed by atoms with van der Waals surface area (Å²) in [6, 6.07) is 6.23. The molecule has 2 amide bonds. The Bertz CT molecular complexity index is 1970. The van der Waals surface area contributed by atoms with Gasteiger partial charge in [-0.05, 0) is 63.8 Å². The number of carbonyl (C=O) groups is 2. The molecule has 0 aliphatic carbocycles. The number of likely N-dealkylation sites (tertiary alicyclic amines) is 1.